The molecule has 0 aromatic carbocycles. The Bertz CT molecular complexity index is 106. The minimum absolute atomic E-state index is 0.0417. The molecule has 1 aliphatic heterocycles. The summed E-state index contributed by atoms with van der Waals surface area (Å²) < 4.78 is 24.8. The van der Waals surface area contributed by atoms with E-state index < -0.39 is 5.92 Å². The van der Waals surface area contributed by atoms with Crippen LogP contribution in [0.3, 0.4) is 0 Å². The molecule has 1 rings (SSSR count). The monoisotopic (exact) mass is 135 g/mol. The van der Waals surface area contributed by atoms with E-state index in [1.807, 2.05) is 0 Å². The van der Waals surface area contributed by atoms with E-state index in [9.17, 15) is 8.78 Å². The van der Waals surface area contributed by atoms with E-state index in [-0.39, 0.29) is 18.5 Å². The fraction of sp³-hybridized carbons (Fsp3) is 1.00. The molecule has 1 fully saturated rings. The molecule has 0 bridgehead atoms. The number of halogens is 2. The molecule has 0 spiro atoms. The number of nitrogens with one attached hydrogen (secondary N) is 1. The predicted octanol–water partition coefficient (Wildman–Crippen LogP) is 1.39. The zero-order valence-corrected chi connectivity index (χ0v) is 5.67. The Labute approximate surface area is 53.4 Å². The Morgan fingerprint density at radius 1 is 1.33 bits per heavy atom. The van der Waals surface area contributed by atoms with Crippen LogP contribution in [-0.4, -0.2) is 18.0 Å². The van der Waals surface area contributed by atoms with Crippen LogP contribution >= 0.6 is 0 Å². The number of rotatable bonds is 0. The fourth-order valence-corrected chi connectivity index (χ4v) is 1.14. The molecule has 1 heterocycles. The van der Waals surface area contributed by atoms with E-state index in [4.69, 9.17) is 0 Å². The van der Waals surface area contributed by atoms with Crippen molar-refractivity contribution in [3.8, 4) is 0 Å². The lowest BCUT2D eigenvalue weighted by Crippen LogP contribution is -2.31. The first-order valence-corrected chi connectivity index (χ1v) is 3.04. The highest BCUT2D eigenvalue weighted by molar-refractivity contribution is 4.93. The van der Waals surface area contributed by atoms with E-state index >= 15 is 0 Å². The van der Waals surface area contributed by atoms with Crippen LogP contribution in [0.5, 0.6) is 0 Å². The van der Waals surface area contributed by atoms with Crippen molar-refractivity contribution in [1.82, 2.24) is 5.32 Å². The minimum Gasteiger partial charge on any atom is -0.306 e. The van der Waals surface area contributed by atoms with Gasteiger partial charge in [0.25, 0.3) is 5.92 Å². The second-order valence-electron chi connectivity index (χ2n) is 3.27. The van der Waals surface area contributed by atoms with Crippen molar-refractivity contribution in [3.05, 3.63) is 0 Å². The molecule has 1 saturated heterocycles. The predicted molar refractivity (Wildman–Crippen MR) is 31.6 cm³/mol. The van der Waals surface area contributed by atoms with E-state index in [2.05, 4.69) is 5.32 Å². The van der Waals surface area contributed by atoms with E-state index in [1.165, 1.54) is 0 Å². The van der Waals surface area contributed by atoms with Crippen molar-refractivity contribution in [3.63, 3.8) is 0 Å². The first-order valence-electron chi connectivity index (χ1n) is 3.04. The van der Waals surface area contributed by atoms with Crippen molar-refractivity contribution >= 4 is 0 Å². The average Bonchev–Trinajstić information content (AvgIpc) is 1.78. The molecule has 0 aromatic rings. The van der Waals surface area contributed by atoms with Crippen LogP contribution < -0.4 is 5.32 Å². The molecule has 0 radical (unpaired) electrons. The van der Waals surface area contributed by atoms with Crippen LogP contribution in [0.2, 0.25) is 0 Å². The Morgan fingerprint density at radius 2 is 1.89 bits per heavy atom. The number of hydrogen-bond acceptors (Lipinski definition) is 1. The summed E-state index contributed by atoms with van der Waals surface area (Å²) in [7, 11) is 0. The van der Waals surface area contributed by atoms with Gasteiger partial charge in [-0.05, 0) is 13.8 Å². The van der Waals surface area contributed by atoms with Gasteiger partial charge in [0.2, 0.25) is 0 Å². The molecule has 0 amide bonds. The smallest absolute Gasteiger partial charge is 0.262 e. The standard InChI is InChI=1S/C6H11F2N/c1-5(2)3-6(7,8)4-9-5/h9H,3-4H2,1-2H3. The van der Waals surface area contributed by atoms with Crippen LogP contribution in [0.1, 0.15) is 20.3 Å². The topological polar surface area (TPSA) is 12.0 Å². The zero-order valence-electron chi connectivity index (χ0n) is 5.67. The average molecular weight is 135 g/mol. The summed E-state index contributed by atoms with van der Waals surface area (Å²) in [4.78, 5) is 0. The maximum Gasteiger partial charge on any atom is 0.262 e. The maximum absolute atomic E-state index is 12.4. The third-order valence-corrected chi connectivity index (χ3v) is 1.53. The molecular formula is C6H11F2N. The molecule has 0 unspecified atom stereocenters. The molecule has 1 nitrogen and oxygen atoms in total. The highest BCUT2D eigenvalue weighted by Crippen LogP contribution is 2.31. The van der Waals surface area contributed by atoms with Crippen LogP contribution in [-0.2, 0) is 0 Å². The van der Waals surface area contributed by atoms with Crippen molar-refractivity contribution in [1.29, 1.82) is 0 Å². The first kappa shape index (κ1) is 6.93. The van der Waals surface area contributed by atoms with Gasteiger partial charge in [0.05, 0.1) is 6.54 Å². The van der Waals surface area contributed by atoms with Crippen molar-refractivity contribution in [2.45, 2.75) is 31.7 Å². The second-order valence-corrected chi connectivity index (χ2v) is 3.27. The molecule has 1 N–H and O–H groups in total. The number of alkyl halides is 2. The summed E-state index contributed by atoms with van der Waals surface area (Å²) in [6.07, 6.45) is -0.0417. The lowest BCUT2D eigenvalue weighted by molar-refractivity contribution is 0.0177. The summed E-state index contributed by atoms with van der Waals surface area (Å²) >= 11 is 0. The molecule has 0 saturated carbocycles. The zero-order chi connectivity index (χ0) is 7.12. The van der Waals surface area contributed by atoms with Gasteiger partial charge in [-0.2, -0.15) is 0 Å². The van der Waals surface area contributed by atoms with Gasteiger partial charge >= 0.3 is 0 Å². The molecular weight excluding hydrogens is 124 g/mol. The van der Waals surface area contributed by atoms with Gasteiger partial charge in [0.15, 0.2) is 0 Å². The van der Waals surface area contributed by atoms with Gasteiger partial charge in [-0.15, -0.1) is 0 Å². The molecule has 9 heavy (non-hydrogen) atoms. The minimum atomic E-state index is -2.48. The van der Waals surface area contributed by atoms with Gasteiger partial charge in [-0.1, -0.05) is 0 Å². The first-order chi connectivity index (χ1) is 3.91. The third-order valence-electron chi connectivity index (χ3n) is 1.53. The van der Waals surface area contributed by atoms with Gasteiger partial charge in [-0.3, -0.25) is 0 Å². The third kappa shape index (κ3) is 1.61. The quantitative estimate of drug-likeness (QED) is 0.529. The SMILES string of the molecule is CC1(C)CC(F)(F)CN1. The van der Waals surface area contributed by atoms with Crippen LogP contribution in [0, 0.1) is 0 Å². The largest absolute Gasteiger partial charge is 0.306 e. The van der Waals surface area contributed by atoms with Crippen LogP contribution in [0.25, 0.3) is 0 Å². The Balaban J connectivity index is 2.58. The van der Waals surface area contributed by atoms with Crippen molar-refractivity contribution in [2.24, 2.45) is 0 Å². The summed E-state index contributed by atoms with van der Waals surface area (Å²) in [6, 6.07) is 0. The molecule has 0 aromatic heterocycles. The van der Waals surface area contributed by atoms with E-state index in [0.717, 1.165) is 0 Å². The Kier molecular flexibility index (Phi) is 1.28. The fourth-order valence-electron chi connectivity index (χ4n) is 1.14. The highest BCUT2D eigenvalue weighted by atomic mass is 19.3. The lowest BCUT2D eigenvalue weighted by atomic mass is 10.0. The summed E-state index contributed by atoms with van der Waals surface area (Å²) in [5.41, 5.74) is -0.372. The maximum atomic E-state index is 12.4. The van der Waals surface area contributed by atoms with Crippen molar-refractivity contribution in [2.75, 3.05) is 6.54 Å². The summed E-state index contributed by atoms with van der Waals surface area (Å²) in [5.74, 6) is -2.48. The van der Waals surface area contributed by atoms with Crippen LogP contribution in [0.4, 0.5) is 8.78 Å². The van der Waals surface area contributed by atoms with Gasteiger partial charge in [0, 0.05) is 12.0 Å². The van der Waals surface area contributed by atoms with Gasteiger partial charge < -0.3 is 5.32 Å². The van der Waals surface area contributed by atoms with Crippen molar-refractivity contribution < 1.29 is 8.78 Å². The Hall–Kier alpha value is -0.180. The molecule has 3 heteroatoms. The number of hydrogen-bond donors (Lipinski definition) is 1. The second kappa shape index (κ2) is 1.66. The van der Waals surface area contributed by atoms with E-state index in [1.54, 1.807) is 13.8 Å². The normalized spacial score (nSPS) is 30.7. The molecule has 54 valence electrons. The molecule has 0 aliphatic carbocycles. The summed E-state index contributed by atoms with van der Waals surface area (Å²) in [6.45, 7) is 3.40. The Morgan fingerprint density at radius 3 is 2.00 bits per heavy atom. The van der Waals surface area contributed by atoms with Gasteiger partial charge in [0.1, 0.15) is 0 Å². The summed E-state index contributed by atoms with van der Waals surface area (Å²) in [5, 5.41) is 2.74. The van der Waals surface area contributed by atoms with Crippen LogP contribution in [0.15, 0.2) is 0 Å². The van der Waals surface area contributed by atoms with E-state index in [0.29, 0.717) is 0 Å². The molecule has 0 atom stereocenters. The molecule has 1 aliphatic rings. The highest BCUT2D eigenvalue weighted by Gasteiger charge is 2.43. The van der Waals surface area contributed by atoms with Gasteiger partial charge in [-0.25, -0.2) is 8.78 Å². The lowest BCUT2D eigenvalue weighted by Gasteiger charge is -2.15.